The van der Waals surface area contributed by atoms with E-state index in [1.165, 1.54) is 6.07 Å². The zero-order valence-electron chi connectivity index (χ0n) is 11.3. The van der Waals surface area contributed by atoms with Gasteiger partial charge in [-0.15, -0.1) is 0 Å². The van der Waals surface area contributed by atoms with Gasteiger partial charge in [0.15, 0.2) is 0 Å². The molecule has 0 saturated carbocycles. The number of hydrogen-bond donors (Lipinski definition) is 1. The molecule has 106 valence electrons. The summed E-state index contributed by atoms with van der Waals surface area (Å²) < 4.78 is 13.5. The van der Waals surface area contributed by atoms with Crippen molar-refractivity contribution in [2.45, 2.75) is 25.8 Å². The maximum atomic E-state index is 13.5. The fourth-order valence-corrected chi connectivity index (χ4v) is 2.26. The number of rotatable bonds is 6. The van der Waals surface area contributed by atoms with Crippen molar-refractivity contribution in [2.75, 3.05) is 6.54 Å². The Morgan fingerprint density at radius 1 is 1.30 bits per heavy atom. The van der Waals surface area contributed by atoms with Crippen LogP contribution in [-0.4, -0.2) is 16.7 Å². The van der Waals surface area contributed by atoms with E-state index in [4.69, 9.17) is 11.6 Å². The maximum Gasteiger partial charge on any atom is 0.142 e. The van der Waals surface area contributed by atoms with Gasteiger partial charge in [-0.1, -0.05) is 30.7 Å². The van der Waals surface area contributed by atoms with Gasteiger partial charge >= 0.3 is 0 Å². The first kappa shape index (κ1) is 14.9. The number of aromatic nitrogens is 2. The van der Waals surface area contributed by atoms with Crippen LogP contribution in [0.15, 0.2) is 36.7 Å². The first-order valence-electron chi connectivity index (χ1n) is 6.65. The predicted octanol–water partition coefficient (Wildman–Crippen LogP) is 3.55. The summed E-state index contributed by atoms with van der Waals surface area (Å²) in [6.07, 6.45) is 5.01. The lowest BCUT2D eigenvalue weighted by atomic mass is 10.00. The van der Waals surface area contributed by atoms with E-state index in [9.17, 15) is 4.39 Å². The lowest BCUT2D eigenvalue weighted by Gasteiger charge is -2.19. The molecule has 0 bridgehead atoms. The fraction of sp³-hybridized carbons (Fsp3) is 0.333. The van der Waals surface area contributed by atoms with Crippen LogP contribution in [-0.2, 0) is 6.42 Å². The highest BCUT2D eigenvalue weighted by Crippen LogP contribution is 2.25. The Labute approximate surface area is 123 Å². The van der Waals surface area contributed by atoms with Crippen LogP contribution in [0.4, 0.5) is 4.39 Å². The van der Waals surface area contributed by atoms with E-state index in [-0.39, 0.29) is 16.9 Å². The quantitative estimate of drug-likeness (QED) is 0.885. The average Bonchev–Trinajstić information content (AvgIpc) is 2.48. The van der Waals surface area contributed by atoms with E-state index in [0.29, 0.717) is 6.42 Å². The van der Waals surface area contributed by atoms with Crippen molar-refractivity contribution in [1.82, 2.24) is 15.5 Å². The third kappa shape index (κ3) is 3.74. The van der Waals surface area contributed by atoms with Crippen LogP contribution in [0.1, 0.15) is 30.5 Å². The Morgan fingerprint density at radius 3 is 2.85 bits per heavy atom. The van der Waals surface area contributed by atoms with Gasteiger partial charge in [0.1, 0.15) is 5.82 Å². The van der Waals surface area contributed by atoms with E-state index in [1.807, 2.05) is 12.1 Å². The summed E-state index contributed by atoms with van der Waals surface area (Å²) in [6, 6.07) is 6.85. The second-order valence-corrected chi connectivity index (χ2v) is 4.98. The van der Waals surface area contributed by atoms with Crippen molar-refractivity contribution in [2.24, 2.45) is 0 Å². The SMILES string of the molecule is CCCNC(Cc1cccc(F)c1Cl)c1ccnnc1. The Bertz CT molecular complexity index is 548. The van der Waals surface area contributed by atoms with Crippen molar-refractivity contribution in [3.05, 3.63) is 58.6 Å². The van der Waals surface area contributed by atoms with Crippen molar-refractivity contribution in [1.29, 1.82) is 0 Å². The van der Waals surface area contributed by atoms with Crippen LogP contribution in [0.3, 0.4) is 0 Å². The van der Waals surface area contributed by atoms with Crippen LogP contribution in [0.5, 0.6) is 0 Å². The molecule has 2 rings (SSSR count). The number of nitrogens with zero attached hydrogens (tertiary/aromatic N) is 2. The first-order valence-corrected chi connectivity index (χ1v) is 7.03. The molecule has 0 aliphatic heterocycles. The highest BCUT2D eigenvalue weighted by Gasteiger charge is 2.15. The van der Waals surface area contributed by atoms with Crippen LogP contribution >= 0.6 is 11.6 Å². The molecule has 3 nitrogen and oxygen atoms in total. The standard InChI is InChI=1S/C15H17ClFN3/c1-2-7-18-14(12-6-8-19-20-10-12)9-11-4-3-5-13(17)15(11)16/h3-6,8,10,14,18H,2,7,9H2,1H3. The normalized spacial score (nSPS) is 12.3. The van der Waals surface area contributed by atoms with Gasteiger partial charge in [-0.2, -0.15) is 10.2 Å². The second-order valence-electron chi connectivity index (χ2n) is 4.60. The molecular formula is C15H17ClFN3. The zero-order valence-corrected chi connectivity index (χ0v) is 12.1. The highest BCUT2D eigenvalue weighted by molar-refractivity contribution is 6.31. The van der Waals surface area contributed by atoms with E-state index in [2.05, 4.69) is 22.4 Å². The summed E-state index contributed by atoms with van der Waals surface area (Å²) in [5.41, 5.74) is 1.81. The van der Waals surface area contributed by atoms with Gasteiger partial charge in [-0.3, -0.25) is 0 Å². The molecule has 1 unspecified atom stereocenters. The Balaban J connectivity index is 2.21. The molecule has 1 aromatic carbocycles. The molecule has 1 atom stereocenters. The molecule has 0 radical (unpaired) electrons. The molecule has 5 heteroatoms. The molecular weight excluding hydrogens is 277 g/mol. The van der Waals surface area contributed by atoms with Gasteiger partial charge in [0.25, 0.3) is 0 Å². The zero-order chi connectivity index (χ0) is 14.4. The van der Waals surface area contributed by atoms with E-state index < -0.39 is 0 Å². The third-order valence-electron chi connectivity index (χ3n) is 3.11. The summed E-state index contributed by atoms with van der Waals surface area (Å²) in [4.78, 5) is 0. The number of halogens is 2. The Hall–Kier alpha value is -1.52. The van der Waals surface area contributed by atoms with E-state index in [1.54, 1.807) is 18.5 Å². The van der Waals surface area contributed by atoms with Crippen molar-refractivity contribution in [3.63, 3.8) is 0 Å². The van der Waals surface area contributed by atoms with Gasteiger partial charge in [0, 0.05) is 12.2 Å². The molecule has 1 heterocycles. The predicted molar refractivity (Wildman–Crippen MR) is 78.2 cm³/mol. The van der Waals surface area contributed by atoms with Gasteiger partial charge in [-0.05, 0) is 42.6 Å². The van der Waals surface area contributed by atoms with E-state index >= 15 is 0 Å². The second kappa shape index (κ2) is 7.31. The minimum atomic E-state index is -0.383. The van der Waals surface area contributed by atoms with Crippen molar-refractivity contribution >= 4 is 11.6 Å². The molecule has 0 aliphatic carbocycles. The smallest absolute Gasteiger partial charge is 0.142 e. The Morgan fingerprint density at radius 2 is 2.15 bits per heavy atom. The average molecular weight is 294 g/mol. The lowest BCUT2D eigenvalue weighted by molar-refractivity contribution is 0.525. The molecule has 0 fully saturated rings. The monoisotopic (exact) mass is 293 g/mol. The summed E-state index contributed by atoms with van der Waals surface area (Å²) in [6.45, 7) is 2.98. The van der Waals surface area contributed by atoms with Gasteiger partial charge in [0.05, 0.1) is 11.2 Å². The molecule has 20 heavy (non-hydrogen) atoms. The number of nitrogens with one attached hydrogen (secondary N) is 1. The fourth-order valence-electron chi connectivity index (χ4n) is 2.06. The molecule has 0 saturated heterocycles. The van der Waals surface area contributed by atoms with Crippen molar-refractivity contribution in [3.8, 4) is 0 Å². The van der Waals surface area contributed by atoms with Crippen LogP contribution < -0.4 is 5.32 Å². The van der Waals surface area contributed by atoms with Crippen LogP contribution in [0.25, 0.3) is 0 Å². The van der Waals surface area contributed by atoms with E-state index in [0.717, 1.165) is 24.1 Å². The lowest BCUT2D eigenvalue weighted by Crippen LogP contribution is -2.24. The number of benzene rings is 1. The summed E-state index contributed by atoms with van der Waals surface area (Å²) >= 11 is 6.03. The maximum absolute atomic E-state index is 13.5. The molecule has 0 spiro atoms. The number of hydrogen-bond acceptors (Lipinski definition) is 3. The summed E-state index contributed by atoms with van der Waals surface area (Å²) in [7, 11) is 0. The topological polar surface area (TPSA) is 37.8 Å². The summed E-state index contributed by atoms with van der Waals surface area (Å²) in [5.74, 6) is -0.383. The third-order valence-corrected chi connectivity index (χ3v) is 3.53. The molecule has 0 amide bonds. The molecule has 0 aliphatic rings. The highest BCUT2D eigenvalue weighted by atomic mass is 35.5. The minimum absolute atomic E-state index is 0.0461. The summed E-state index contributed by atoms with van der Waals surface area (Å²) in [5, 5.41) is 11.3. The van der Waals surface area contributed by atoms with Crippen molar-refractivity contribution < 1.29 is 4.39 Å². The Kier molecular flexibility index (Phi) is 5.44. The van der Waals surface area contributed by atoms with Gasteiger partial charge < -0.3 is 5.32 Å². The van der Waals surface area contributed by atoms with Gasteiger partial charge in [0.2, 0.25) is 0 Å². The first-order chi connectivity index (χ1) is 9.72. The molecule has 2 aromatic rings. The molecule has 1 aromatic heterocycles. The van der Waals surface area contributed by atoms with Crippen LogP contribution in [0.2, 0.25) is 5.02 Å². The minimum Gasteiger partial charge on any atom is -0.310 e. The van der Waals surface area contributed by atoms with Gasteiger partial charge in [-0.25, -0.2) is 4.39 Å². The van der Waals surface area contributed by atoms with Crippen LogP contribution in [0, 0.1) is 5.82 Å². The largest absolute Gasteiger partial charge is 0.310 e. The molecule has 1 N–H and O–H groups in total.